The average Bonchev–Trinajstić information content (AvgIpc) is 3.34. The molecular weight excluding hydrogens is 495 g/mol. The van der Waals surface area contributed by atoms with Crippen LogP contribution >= 0.6 is 0 Å². The van der Waals surface area contributed by atoms with Crippen LogP contribution in [0.15, 0.2) is 79.0 Å². The van der Waals surface area contributed by atoms with Gasteiger partial charge in [0.05, 0.1) is 24.1 Å². The van der Waals surface area contributed by atoms with Crippen molar-refractivity contribution in [2.45, 2.75) is 32.6 Å². The number of fused-ring (bicyclic) bond motifs is 1. The number of halogens is 1. The van der Waals surface area contributed by atoms with Crippen molar-refractivity contribution in [1.29, 1.82) is 0 Å². The Kier molecular flexibility index (Phi) is 9.97. The number of benzene rings is 2. The first-order valence-electron chi connectivity index (χ1n) is 13.2. The number of pyridine rings is 1. The number of carbonyl (C=O) groups is 1. The van der Waals surface area contributed by atoms with E-state index in [4.69, 9.17) is 9.84 Å². The number of unbranched alkanes of at least 4 members (excludes halogenated alkanes) is 2. The lowest BCUT2D eigenvalue weighted by atomic mass is 9.88. The lowest BCUT2D eigenvalue weighted by Gasteiger charge is -2.16. The van der Waals surface area contributed by atoms with E-state index in [1.807, 2.05) is 54.6 Å². The van der Waals surface area contributed by atoms with Crippen LogP contribution in [0, 0.1) is 5.95 Å². The molecule has 8 heteroatoms. The highest BCUT2D eigenvalue weighted by molar-refractivity contribution is 6.00. The van der Waals surface area contributed by atoms with Gasteiger partial charge in [-0.1, -0.05) is 49.4 Å². The van der Waals surface area contributed by atoms with E-state index < -0.39 is 5.95 Å². The minimum atomic E-state index is -0.453. The maximum absolute atomic E-state index is 14.4. The van der Waals surface area contributed by atoms with Gasteiger partial charge in [0.2, 0.25) is 17.7 Å². The van der Waals surface area contributed by atoms with Crippen LogP contribution < -0.4 is 10.1 Å². The number of aromatic nitrogens is 3. The van der Waals surface area contributed by atoms with Crippen molar-refractivity contribution in [1.82, 2.24) is 20.5 Å². The molecule has 1 amide bonds. The fraction of sp³-hybridized carbons (Fsp3) is 0.258. The molecule has 0 aliphatic rings. The second-order valence-corrected chi connectivity index (χ2v) is 8.99. The maximum Gasteiger partial charge on any atom is 0.243 e. The molecule has 0 saturated heterocycles. The Bertz CT molecular complexity index is 1430. The molecule has 0 saturated carbocycles. The lowest BCUT2D eigenvalue weighted by Crippen LogP contribution is -2.24. The number of ether oxygens (including phenoxy) is 1. The number of H-pyrrole nitrogens is 1. The monoisotopic (exact) mass is 528 g/mol. The molecule has 0 fully saturated rings. The number of allylic oxidation sites excluding steroid dienone is 2. The molecule has 0 atom stereocenters. The molecule has 0 aliphatic carbocycles. The van der Waals surface area contributed by atoms with Gasteiger partial charge in [0.15, 0.2) is 0 Å². The van der Waals surface area contributed by atoms with E-state index in [0.29, 0.717) is 23.4 Å². The standard InChI is InChI=1S/C31H33FN4O3/c1-2-25(22-10-6-5-7-11-22)30(23-13-15-27-26(20-23)31(32)36-35-27)24-14-16-29(34-21-24)39-19-9-4-3-8-12-28(38)33-17-18-37/h5-8,10-16,20-21,37H,2-4,9,17-19H2,1H3,(H,33,38)(H,35,36)/b12-8+,30-25-. The second-order valence-electron chi connectivity index (χ2n) is 8.99. The molecule has 0 spiro atoms. The largest absolute Gasteiger partial charge is 0.478 e. The second kappa shape index (κ2) is 14.0. The van der Waals surface area contributed by atoms with Crippen molar-refractivity contribution in [3.8, 4) is 5.88 Å². The molecule has 2 aromatic heterocycles. The fourth-order valence-electron chi connectivity index (χ4n) is 4.40. The van der Waals surface area contributed by atoms with Gasteiger partial charge in [-0.15, -0.1) is 0 Å². The van der Waals surface area contributed by atoms with Gasteiger partial charge in [-0.05, 0) is 72.2 Å². The third-order valence-electron chi connectivity index (χ3n) is 6.29. The Hall–Kier alpha value is -4.30. The Labute approximate surface area is 227 Å². The van der Waals surface area contributed by atoms with E-state index in [2.05, 4.69) is 39.6 Å². The Morgan fingerprint density at radius 1 is 1.08 bits per heavy atom. The van der Waals surface area contributed by atoms with Gasteiger partial charge in [0.1, 0.15) is 0 Å². The smallest absolute Gasteiger partial charge is 0.243 e. The molecule has 3 N–H and O–H groups in total. The molecule has 0 unspecified atom stereocenters. The third kappa shape index (κ3) is 7.39. The van der Waals surface area contributed by atoms with Crippen LogP contribution in [0.5, 0.6) is 5.88 Å². The number of aliphatic hydroxyl groups is 1. The zero-order chi connectivity index (χ0) is 27.5. The van der Waals surface area contributed by atoms with Gasteiger partial charge < -0.3 is 15.2 Å². The van der Waals surface area contributed by atoms with E-state index in [9.17, 15) is 9.18 Å². The van der Waals surface area contributed by atoms with E-state index in [0.717, 1.165) is 53.5 Å². The van der Waals surface area contributed by atoms with Crippen LogP contribution in [0.2, 0.25) is 0 Å². The highest BCUT2D eigenvalue weighted by Gasteiger charge is 2.16. The topological polar surface area (TPSA) is 100 Å². The maximum atomic E-state index is 14.4. The van der Waals surface area contributed by atoms with E-state index in [-0.39, 0.29) is 19.1 Å². The predicted molar refractivity (Wildman–Crippen MR) is 152 cm³/mol. The summed E-state index contributed by atoms with van der Waals surface area (Å²) in [6, 6.07) is 19.6. The zero-order valence-electron chi connectivity index (χ0n) is 22.0. The summed E-state index contributed by atoms with van der Waals surface area (Å²) in [7, 11) is 0. The van der Waals surface area contributed by atoms with Crippen molar-refractivity contribution in [2.24, 2.45) is 0 Å². The number of nitrogens with zero attached hydrogens (tertiary/aromatic N) is 2. The van der Waals surface area contributed by atoms with Crippen molar-refractivity contribution < 1.29 is 19.0 Å². The van der Waals surface area contributed by atoms with Crippen LogP contribution in [0.4, 0.5) is 4.39 Å². The van der Waals surface area contributed by atoms with Gasteiger partial charge in [-0.25, -0.2) is 4.98 Å². The average molecular weight is 529 g/mol. The van der Waals surface area contributed by atoms with Gasteiger partial charge in [0, 0.05) is 24.4 Å². The number of aliphatic hydroxyl groups excluding tert-OH is 1. The molecule has 4 aromatic rings. The van der Waals surface area contributed by atoms with Gasteiger partial charge >= 0.3 is 0 Å². The Morgan fingerprint density at radius 2 is 1.90 bits per heavy atom. The molecule has 202 valence electrons. The number of amides is 1. The van der Waals surface area contributed by atoms with E-state index >= 15 is 0 Å². The number of hydrogen-bond donors (Lipinski definition) is 3. The van der Waals surface area contributed by atoms with Gasteiger partial charge in [0.25, 0.3) is 0 Å². The van der Waals surface area contributed by atoms with Gasteiger partial charge in [-0.3, -0.25) is 9.89 Å². The Balaban J connectivity index is 1.48. The van der Waals surface area contributed by atoms with E-state index in [1.165, 1.54) is 6.08 Å². The summed E-state index contributed by atoms with van der Waals surface area (Å²) in [5.74, 6) is -0.122. The molecular formula is C31H33FN4O3. The summed E-state index contributed by atoms with van der Waals surface area (Å²) in [5, 5.41) is 18.2. The van der Waals surface area contributed by atoms with Crippen LogP contribution in [0.1, 0.15) is 49.3 Å². The van der Waals surface area contributed by atoms with Crippen molar-refractivity contribution in [3.05, 3.63) is 102 Å². The fourth-order valence-corrected chi connectivity index (χ4v) is 4.40. The van der Waals surface area contributed by atoms with E-state index in [1.54, 1.807) is 6.20 Å². The first kappa shape index (κ1) is 27.7. The summed E-state index contributed by atoms with van der Waals surface area (Å²) >= 11 is 0. The first-order chi connectivity index (χ1) is 19.1. The Morgan fingerprint density at radius 3 is 2.64 bits per heavy atom. The quantitative estimate of drug-likeness (QED) is 0.118. The molecule has 7 nitrogen and oxygen atoms in total. The molecule has 39 heavy (non-hydrogen) atoms. The van der Waals surface area contributed by atoms with Crippen molar-refractivity contribution in [3.63, 3.8) is 0 Å². The molecule has 0 bridgehead atoms. The van der Waals surface area contributed by atoms with Gasteiger partial charge in [-0.2, -0.15) is 9.49 Å². The normalized spacial score (nSPS) is 12.1. The summed E-state index contributed by atoms with van der Waals surface area (Å²) in [4.78, 5) is 16.0. The SMILES string of the molecule is CC/C(=C(/c1ccc(OCCCC/C=C/C(=O)NCCO)nc1)c1ccc2n[nH]c(F)c2c1)c1ccccc1. The molecule has 2 aromatic carbocycles. The highest BCUT2D eigenvalue weighted by Crippen LogP contribution is 2.35. The third-order valence-corrected chi connectivity index (χ3v) is 6.29. The predicted octanol–water partition coefficient (Wildman–Crippen LogP) is 5.68. The minimum absolute atomic E-state index is 0.0721. The summed E-state index contributed by atoms with van der Waals surface area (Å²) in [6.45, 7) is 2.81. The number of rotatable bonds is 13. The van der Waals surface area contributed by atoms with Crippen LogP contribution in [-0.4, -0.2) is 46.0 Å². The van der Waals surface area contributed by atoms with Crippen LogP contribution in [0.25, 0.3) is 22.0 Å². The number of carbonyl (C=O) groups excluding carboxylic acids is 1. The number of nitrogens with one attached hydrogen (secondary N) is 2. The molecule has 4 rings (SSSR count). The highest BCUT2D eigenvalue weighted by atomic mass is 19.1. The van der Waals surface area contributed by atoms with Crippen LogP contribution in [-0.2, 0) is 4.79 Å². The minimum Gasteiger partial charge on any atom is -0.478 e. The first-order valence-corrected chi connectivity index (χ1v) is 13.2. The number of aromatic amines is 1. The summed E-state index contributed by atoms with van der Waals surface area (Å²) < 4.78 is 20.2. The van der Waals surface area contributed by atoms with Crippen molar-refractivity contribution in [2.75, 3.05) is 19.8 Å². The summed E-state index contributed by atoms with van der Waals surface area (Å²) in [6.07, 6.45) is 8.34. The molecule has 0 radical (unpaired) electrons. The molecule has 2 heterocycles. The summed E-state index contributed by atoms with van der Waals surface area (Å²) in [5.41, 5.74) is 5.60. The van der Waals surface area contributed by atoms with Crippen LogP contribution in [0.3, 0.4) is 0 Å². The number of hydrogen-bond acceptors (Lipinski definition) is 5. The zero-order valence-corrected chi connectivity index (χ0v) is 22.0. The van der Waals surface area contributed by atoms with Crippen molar-refractivity contribution >= 4 is 28.0 Å². The molecule has 0 aliphatic heterocycles. The lowest BCUT2D eigenvalue weighted by molar-refractivity contribution is -0.116.